The van der Waals surface area contributed by atoms with E-state index < -0.39 is 0 Å². The van der Waals surface area contributed by atoms with E-state index in [1.165, 1.54) is 41.6 Å². The smallest absolute Gasteiger partial charge is 0.157 e. The number of fused-ring (bicyclic) bond motifs is 1. The molecule has 1 aromatic heterocycles. The molecule has 0 amide bonds. The van der Waals surface area contributed by atoms with Crippen LogP contribution < -0.4 is 0 Å². The number of hydrogen-bond acceptors (Lipinski definition) is 2. The van der Waals surface area contributed by atoms with Gasteiger partial charge in [-0.1, -0.05) is 29.4 Å². The summed E-state index contributed by atoms with van der Waals surface area (Å²) in [4.78, 5) is 5.05. The Labute approximate surface area is 114 Å². The molecule has 0 saturated heterocycles. The molecule has 0 saturated carbocycles. The fraction of sp³-hybridized carbons (Fsp3) is 0.214. The third-order valence-corrected chi connectivity index (χ3v) is 4.25. The molecular weight excluding hydrogens is 269 g/mol. The maximum Gasteiger partial charge on any atom is 0.157 e. The summed E-state index contributed by atoms with van der Waals surface area (Å²) in [6.07, 6.45) is 4.98. The number of hydrogen-bond donors (Lipinski definition) is 0. The summed E-state index contributed by atoms with van der Waals surface area (Å²) >= 11 is 7.03. The van der Waals surface area contributed by atoms with Crippen LogP contribution in [-0.2, 0) is 12.8 Å². The molecule has 0 aliphatic heterocycles. The number of halogens is 2. The molecule has 4 heteroatoms. The van der Waals surface area contributed by atoms with Gasteiger partial charge in [-0.2, -0.15) is 0 Å². The molecule has 1 aliphatic rings. The van der Waals surface area contributed by atoms with Crippen molar-refractivity contribution in [3.63, 3.8) is 0 Å². The first-order valence-corrected chi connectivity index (χ1v) is 7.02. The Bertz CT molecular complexity index is 600. The molecule has 0 bridgehead atoms. The molecule has 0 fully saturated rings. The van der Waals surface area contributed by atoms with Gasteiger partial charge in [0.05, 0.1) is 5.02 Å². The highest BCUT2D eigenvalue weighted by molar-refractivity contribution is 7.99. The third kappa shape index (κ3) is 2.38. The van der Waals surface area contributed by atoms with Crippen LogP contribution in [0, 0.1) is 5.82 Å². The standard InChI is InChI=1S/C14H11ClFNS/c15-11-7-13(16)14(17-8-11)18-12-5-4-9-2-1-3-10(9)6-12/h4-8H,1-3H2. The Hall–Kier alpha value is -1.06. The Morgan fingerprint density at radius 3 is 2.83 bits per heavy atom. The van der Waals surface area contributed by atoms with Crippen molar-refractivity contribution in [2.75, 3.05) is 0 Å². The predicted octanol–water partition coefficient (Wildman–Crippen LogP) is 4.51. The number of benzene rings is 1. The summed E-state index contributed by atoms with van der Waals surface area (Å²) in [5.41, 5.74) is 2.80. The first-order chi connectivity index (χ1) is 8.72. The van der Waals surface area contributed by atoms with Crippen LogP contribution in [0.15, 0.2) is 40.4 Å². The van der Waals surface area contributed by atoms with E-state index in [2.05, 4.69) is 17.1 Å². The van der Waals surface area contributed by atoms with E-state index in [0.717, 1.165) is 17.7 Å². The fourth-order valence-electron chi connectivity index (χ4n) is 2.20. The van der Waals surface area contributed by atoms with Gasteiger partial charge in [0, 0.05) is 11.1 Å². The van der Waals surface area contributed by atoms with E-state index in [-0.39, 0.29) is 5.82 Å². The molecule has 3 rings (SSSR count). The number of pyridine rings is 1. The lowest BCUT2D eigenvalue weighted by atomic mass is 10.1. The van der Waals surface area contributed by atoms with Crippen molar-refractivity contribution < 1.29 is 4.39 Å². The minimum Gasteiger partial charge on any atom is -0.245 e. The first-order valence-electron chi connectivity index (χ1n) is 5.83. The summed E-state index contributed by atoms with van der Waals surface area (Å²) in [5, 5.41) is 0.697. The van der Waals surface area contributed by atoms with Crippen LogP contribution in [0.1, 0.15) is 17.5 Å². The van der Waals surface area contributed by atoms with Crippen molar-refractivity contribution in [2.24, 2.45) is 0 Å². The van der Waals surface area contributed by atoms with Crippen LogP contribution in [0.3, 0.4) is 0 Å². The molecule has 1 aliphatic carbocycles. The Kier molecular flexibility index (Phi) is 3.27. The number of aryl methyl sites for hydroxylation is 2. The summed E-state index contributed by atoms with van der Waals surface area (Å²) in [6, 6.07) is 7.61. The Balaban J connectivity index is 1.88. The third-order valence-electron chi connectivity index (χ3n) is 3.06. The SMILES string of the molecule is Fc1cc(Cl)cnc1Sc1ccc2c(c1)CCC2. The average Bonchev–Trinajstić information content (AvgIpc) is 2.80. The quantitative estimate of drug-likeness (QED) is 0.802. The van der Waals surface area contributed by atoms with E-state index in [4.69, 9.17) is 11.6 Å². The lowest BCUT2D eigenvalue weighted by molar-refractivity contribution is 0.588. The van der Waals surface area contributed by atoms with E-state index >= 15 is 0 Å². The van der Waals surface area contributed by atoms with Crippen molar-refractivity contribution in [1.29, 1.82) is 0 Å². The van der Waals surface area contributed by atoms with Crippen molar-refractivity contribution in [3.8, 4) is 0 Å². The molecule has 0 spiro atoms. The van der Waals surface area contributed by atoms with Gasteiger partial charge in [0.1, 0.15) is 5.03 Å². The highest BCUT2D eigenvalue weighted by atomic mass is 35.5. The minimum atomic E-state index is -0.368. The lowest BCUT2D eigenvalue weighted by Crippen LogP contribution is -1.88. The Morgan fingerprint density at radius 1 is 1.17 bits per heavy atom. The zero-order valence-electron chi connectivity index (χ0n) is 9.62. The fourth-order valence-corrected chi connectivity index (χ4v) is 3.17. The molecule has 0 radical (unpaired) electrons. The van der Waals surface area contributed by atoms with Gasteiger partial charge in [-0.15, -0.1) is 0 Å². The van der Waals surface area contributed by atoms with Gasteiger partial charge in [0.15, 0.2) is 5.82 Å². The molecule has 0 atom stereocenters. The molecule has 1 aromatic carbocycles. The number of nitrogens with zero attached hydrogens (tertiary/aromatic N) is 1. The number of rotatable bonds is 2. The summed E-state index contributed by atoms with van der Waals surface area (Å²) in [6.45, 7) is 0. The van der Waals surface area contributed by atoms with Crippen LogP contribution in [0.4, 0.5) is 4.39 Å². The molecule has 1 heterocycles. The highest BCUT2D eigenvalue weighted by Gasteiger charge is 2.12. The Morgan fingerprint density at radius 2 is 2.00 bits per heavy atom. The molecule has 92 valence electrons. The van der Waals surface area contributed by atoms with E-state index in [1.54, 1.807) is 0 Å². The van der Waals surface area contributed by atoms with E-state index in [9.17, 15) is 4.39 Å². The monoisotopic (exact) mass is 279 g/mol. The van der Waals surface area contributed by atoms with Gasteiger partial charge in [-0.25, -0.2) is 9.37 Å². The summed E-state index contributed by atoms with van der Waals surface area (Å²) in [7, 11) is 0. The average molecular weight is 280 g/mol. The normalized spacial score (nSPS) is 13.7. The maximum atomic E-state index is 13.6. The van der Waals surface area contributed by atoms with Crippen molar-refractivity contribution in [3.05, 3.63) is 52.4 Å². The minimum absolute atomic E-state index is 0.325. The molecule has 0 unspecified atom stereocenters. The van der Waals surface area contributed by atoms with Gasteiger partial charge in [-0.05, 0) is 48.6 Å². The molecule has 18 heavy (non-hydrogen) atoms. The molecular formula is C14H11ClFNS. The van der Waals surface area contributed by atoms with Crippen molar-refractivity contribution in [2.45, 2.75) is 29.2 Å². The topological polar surface area (TPSA) is 12.9 Å². The largest absolute Gasteiger partial charge is 0.245 e. The lowest BCUT2D eigenvalue weighted by Gasteiger charge is -2.05. The van der Waals surface area contributed by atoms with Crippen LogP contribution in [-0.4, -0.2) is 4.98 Å². The summed E-state index contributed by atoms with van der Waals surface area (Å²) in [5.74, 6) is -0.368. The van der Waals surface area contributed by atoms with E-state index in [0.29, 0.717) is 10.0 Å². The van der Waals surface area contributed by atoms with Gasteiger partial charge >= 0.3 is 0 Å². The summed E-state index contributed by atoms with van der Waals surface area (Å²) < 4.78 is 13.6. The molecule has 2 aromatic rings. The van der Waals surface area contributed by atoms with Gasteiger partial charge in [-0.3, -0.25) is 0 Å². The van der Waals surface area contributed by atoms with Gasteiger partial charge in [0.25, 0.3) is 0 Å². The van der Waals surface area contributed by atoms with Crippen LogP contribution in [0.5, 0.6) is 0 Å². The second-order valence-corrected chi connectivity index (χ2v) is 5.83. The zero-order valence-corrected chi connectivity index (χ0v) is 11.2. The zero-order chi connectivity index (χ0) is 12.5. The molecule has 1 nitrogen and oxygen atoms in total. The van der Waals surface area contributed by atoms with Gasteiger partial charge in [0.2, 0.25) is 0 Å². The first kappa shape index (κ1) is 12.0. The van der Waals surface area contributed by atoms with Crippen molar-refractivity contribution >= 4 is 23.4 Å². The van der Waals surface area contributed by atoms with Crippen molar-refractivity contribution in [1.82, 2.24) is 4.98 Å². The van der Waals surface area contributed by atoms with Gasteiger partial charge < -0.3 is 0 Å². The molecule has 0 N–H and O–H groups in total. The van der Waals surface area contributed by atoms with Crippen LogP contribution >= 0.6 is 23.4 Å². The maximum absolute atomic E-state index is 13.6. The second kappa shape index (κ2) is 4.90. The number of aromatic nitrogens is 1. The second-order valence-electron chi connectivity index (χ2n) is 4.33. The highest BCUT2D eigenvalue weighted by Crippen LogP contribution is 2.32. The predicted molar refractivity (Wildman–Crippen MR) is 71.8 cm³/mol. The van der Waals surface area contributed by atoms with Crippen LogP contribution in [0.2, 0.25) is 5.02 Å². The van der Waals surface area contributed by atoms with E-state index in [1.807, 2.05) is 6.07 Å². The van der Waals surface area contributed by atoms with Crippen LogP contribution in [0.25, 0.3) is 0 Å².